The van der Waals surface area contributed by atoms with Gasteiger partial charge in [-0.25, -0.2) is 38.4 Å². The molecule has 0 aromatic heterocycles. The Labute approximate surface area is 604 Å². The van der Waals surface area contributed by atoms with Gasteiger partial charge in [-0.15, -0.1) is 0 Å². The third-order valence-electron chi connectivity index (χ3n) is 11.3. The van der Waals surface area contributed by atoms with Crippen molar-refractivity contribution in [1.82, 2.24) is 0 Å². The molecular formula is C70H116O33. The molecule has 33 heteroatoms. The molecule has 0 rings (SSSR count). The molecule has 594 valence electrons. The zero-order valence-electron chi connectivity index (χ0n) is 61.6. The molecule has 0 bridgehead atoms. The Hall–Kier alpha value is -7.00. The molecule has 8 atom stereocenters. The van der Waals surface area contributed by atoms with Crippen molar-refractivity contribution < 1.29 is 160 Å². The number of hydrogen-bond acceptors (Lipinski definition) is 33. The van der Waals surface area contributed by atoms with Crippen molar-refractivity contribution in [1.29, 1.82) is 0 Å². The fourth-order valence-electron chi connectivity index (χ4n) is 5.86. The van der Waals surface area contributed by atoms with Gasteiger partial charge in [0, 0.05) is 63.2 Å². The molecular weight excluding hydrogens is 1370 g/mol. The normalized spacial score (nSPS) is 13.4. The third-order valence-corrected chi connectivity index (χ3v) is 11.3. The molecule has 33 nitrogen and oxygen atoms in total. The van der Waals surface area contributed by atoms with Crippen molar-refractivity contribution in [2.75, 3.05) is 159 Å². The van der Waals surface area contributed by atoms with Gasteiger partial charge < -0.3 is 122 Å². The van der Waals surface area contributed by atoms with Crippen molar-refractivity contribution in [3.05, 3.63) is 97.2 Å². The van der Waals surface area contributed by atoms with Gasteiger partial charge in [0.15, 0.2) is 0 Å². The van der Waals surface area contributed by atoms with Crippen LogP contribution in [0.1, 0.15) is 82.1 Å². The lowest BCUT2D eigenvalue weighted by Gasteiger charge is -2.25. The topological polar surface area (TPSA) is 466 Å². The molecule has 0 amide bonds. The molecule has 0 saturated heterocycles. The van der Waals surface area contributed by atoms with Crippen LogP contribution in [0.3, 0.4) is 0 Å². The summed E-state index contributed by atoms with van der Waals surface area (Å²) in [6.45, 7) is 43.2. The molecule has 0 saturated carbocycles. The van der Waals surface area contributed by atoms with Crippen LogP contribution in [0.5, 0.6) is 0 Å². The Morgan fingerprint density at radius 3 is 0.534 bits per heavy atom. The molecule has 0 radical (unpaired) electrons. The van der Waals surface area contributed by atoms with E-state index < -0.39 is 103 Å². The van der Waals surface area contributed by atoms with E-state index in [-0.39, 0.29) is 182 Å². The van der Waals surface area contributed by atoms with Gasteiger partial charge in [-0.1, -0.05) is 66.5 Å². The van der Waals surface area contributed by atoms with Crippen molar-refractivity contribution >= 4 is 47.8 Å². The summed E-state index contributed by atoms with van der Waals surface area (Å²) in [6.07, 6.45) is -7.15. The summed E-state index contributed by atoms with van der Waals surface area (Å²) in [5.74, 6) is -4.56. The minimum absolute atomic E-state index is 0.00633. The summed E-state index contributed by atoms with van der Waals surface area (Å²) in [5, 5.41) is 86.4. The number of esters is 8. The molecule has 0 aromatic rings. The molecule has 0 spiro atoms. The average molecular weight is 1490 g/mol. The number of aliphatic hydroxyl groups excluding tert-OH is 9. The van der Waals surface area contributed by atoms with Crippen molar-refractivity contribution in [2.24, 2.45) is 5.41 Å². The Morgan fingerprint density at radius 1 is 0.233 bits per heavy atom. The molecule has 0 aromatic carbocycles. The standard InChI is InChI=1S/C19H32O8.C18H30O8.C17H28O9.C16H26O8/c1-13(2)17(22)26-9-15(20)7-24-11-19(5,6)12-25-8-16(21)10-27-18(23)14(3)4;1-13(2)17(21)25-11-15(19)9-23-7-5-6-8-24-10-16(20)12-26-18(22)14(3)4;1-11(2)16(21)25-9-14(19)7-23-5-13(18)6-24-8-15(20)10-26-17(22)12(3)4;1-11(2)15(19)23-9-13(17)7-21-5-6-22-8-14(18)10-24-16(20)12(3)4/h15-16,20-21H,1,3,7-12H2,2,4-6H3;15-16,19-20H,1,3,5-12H2,2,4H3;13-15,18-20H,1,3,5-10H2,2,4H3;13-14,17-18H,1,3,5-10H2,2,4H3. The molecule has 0 heterocycles. The van der Waals surface area contributed by atoms with Gasteiger partial charge in [-0.2, -0.15) is 0 Å². The van der Waals surface area contributed by atoms with Gasteiger partial charge in [-0.05, 0) is 68.2 Å². The van der Waals surface area contributed by atoms with Crippen LogP contribution in [-0.2, 0) is 114 Å². The average Bonchev–Trinajstić information content (AvgIpc) is 0.980. The Morgan fingerprint density at radius 2 is 0.369 bits per heavy atom. The van der Waals surface area contributed by atoms with E-state index >= 15 is 0 Å². The van der Waals surface area contributed by atoms with Gasteiger partial charge in [0.2, 0.25) is 0 Å². The highest BCUT2D eigenvalue weighted by atomic mass is 16.6. The number of hydrogen-bond donors (Lipinski definition) is 9. The highest BCUT2D eigenvalue weighted by Gasteiger charge is 2.22. The Kier molecular flexibility index (Phi) is 62.0. The molecule has 9 N–H and O–H groups in total. The predicted molar refractivity (Wildman–Crippen MR) is 370 cm³/mol. The van der Waals surface area contributed by atoms with Crippen LogP contribution in [0.25, 0.3) is 0 Å². The first-order valence-corrected chi connectivity index (χ1v) is 32.4. The van der Waals surface area contributed by atoms with Crippen LogP contribution in [0, 0.1) is 5.41 Å². The van der Waals surface area contributed by atoms with Crippen LogP contribution in [-0.4, -0.2) is 307 Å². The summed E-state index contributed by atoms with van der Waals surface area (Å²) < 4.78 is 80.1. The Balaban J connectivity index is -0.000000635. The molecule has 0 aliphatic rings. The van der Waals surface area contributed by atoms with E-state index in [1.165, 1.54) is 55.4 Å². The lowest BCUT2D eigenvalue weighted by atomic mass is 9.96. The van der Waals surface area contributed by atoms with Crippen LogP contribution in [0.4, 0.5) is 0 Å². The van der Waals surface area contributed by atoms with E-state index in [1.54, 1.807) is 0 Å². The molecule has 8 unspecified atom stereocenters. The fraction of sp³-hybridized carbons (Fsp3) is 0.657. The van der Waals surface area contributed by atoms with Crippen molar-refractivity contribution in [3.8, 4) is 0 Å². The number of carbonyl (C=O) groups excluding carboxylic acids is 8. The SMILES string of the molecule is C=C(C)C(=O)OCC(O)COCC(C)(C)COCC(O)COC(=O)C(=C)C.C=C(C)C(=O)OCC(O)COCC(O)COCC(O)COC(=O)C(=C)C.C=C(C)C(=O)OCC(O)COCCCCOCC(O)COC(=O)C(=C)C.C=C(C)C(=O)OCC(O)COCCOCC(O)COC(=O)C(=C)C. The highest BCUT2D eigenvalue weighted by molar-refractivity contribution is 5.89. The minimum atomic E-state index is -1.03. The van der Waals surface area contributed by atoms with Crippen molar-refractivity contribution in [2.45, 2.75) is 137 Å². The maximum Gasteiger partial charge on any atom is 0.333 e. The lowest BCUT2D eigenvalue weighted by Crippen LogP contribution is -2.32. The van der Waals surface area contributed by atoms with Gasteiger partial charge in [0.1, 0.15) is 108 Å². The number of rotatable bonds is 56. The zero-order chi connectivity index (χ0) is 79.6. The lowest BCUT2D eigenvalue weighted by molar-refractivity contribution is -0.144. The van der Waals surface area contributed by atoms with Crippen LogP contribution < -0.4 is 0 Å². The number of carbonyl (C=O) groups is 8. The highest BCUT2D eigenvalue weighted by Crippen LogP contribution is 2.17. The largest absolute Gasteiger partial charge is 0.460 e. The maximum absolute atomic E-state index is 11.2. The van der Waals surface area contributed by atoms with Gasteiger partial charge in [0.25, 0.3) is 0 Å². The first-order chi connectivity index (χ1) is 48.0. The van der Waals surface area contributed by atoms with E-state index in [1.807, 2.05) is 13.8 Å². The molecule has 103 heavy (non-hydrogen) atoms. The quantitative estimate of drug-likeness (QED) is 0.0178. The molecule has 0 fully saturated rings. The number of unbranched alkanes of at least 4 members (excludes halogenated alkanes) is 1. The summed E-state index contributed by atoms with van der Waals surface area (Å²) in [6, 6.07) is 0. The van der Waals surface area contributed by atoms with E-state index in [2.05, 4.69) is 52.6 Å². The summed E-state index contributed by atoms with van der Waals surface area (Å²) in [7, 11) is 0. The van der Waals surface area contributed by atoms with Crippen molar-refractivity contribution in [3.63, 3.8) is 0 Å². The van der Waals surface area contributed by atoms with Crippen LogP contribution in [0.2, 0.25) is 0 Å². The van der Waals surface area contributed by atoms with Gasteiger partial charge in [-0.3, -0.25) is 0 Å². The first-order valence-electron chi connectivity index (χ1n) is 32.4. The van der Waals surface area contributed by atoms with Gasteiger partial charge >= 0.3 is 47.8 Å². The first kappa shape index (κ1) is 102. The maximum atomic E-state index is 11.2. The number of ether oxygens (including phenoxy) is 16. The van der Waals surface area contributed by atoms with Gasteiger partial charge in [0.05, 0.1) is 92.5 Å². The fourth-order valence-corrected chi connectivity index (χ4v) is 5.86. The number of aliphatic hydroxyl groups is 9. The molecule has 0 aliphatic heterocycles. The summed E-state index contributed by atoms with van der Waals surface area (Å²) in [5.41, 5.74) is 1.66. The smallest absolute Gasteiger partial charge is 0.333 e. The minimum Gasteiger partial charge on any atom is -0.460 e. The van der Waals surface area contributed by atoms with E-state index in [4.69, 9.17) is 75.8 Å². The predicted octanol–water partition coefficient (Wildman–Crippen LogP) is 1.09. The molecule has 0 aliphatic carbocycles. The van der Waals surface area contributed by atoms with Crippen LogP contribution in [0.15, 0.2) is 97.2 Å². The summed E-state index contributed by atoms with van der Waals surface area (Å²) in [4.78, 5) is 89.2. The monoisotopic (exact) mass is 1480 g/mol. The second-order valence-corrected chi connectivity index (χ2v) is 24.2. The van der Waals surface area contributed by atoms with Crippen LogP contribution >= 0.6 is 0 Å². The Bertz CT molecular complexity index is 2390. The third kappa shape index (κ3) is 66.7. The summed E-state index contributed by atoms with van der Waals surface area (Å²) >= 11 is 0. The van der Waals surface area contributed by atoms with E-state index in [0.717, 1.165) is 0 Å². The second-order valence-electron chi connectivity index (χ2n) is 24.2. The van der Waals surface area contributed by atoms with E-state index in [0.29, 0.717) is 39.3 Å². The zero-order valence-corrected chi connectivity index (χ0v) is 61.6. The second kappa shape index (κ2) is 62.4. The van der Waals surface area contributed by atoms with E-state index in [9.17, 15) is 84.3 Å².